The zero-order chi connectivity index (χ0) is 12.3. The smallest absolute Gasteiger partial charge is 0.157 e. The molecule has 2 heteroatoms. The minimum Gasteiger partial charge on any atom is -0.299 e. The molecule has 17 heavy (non-hydrogen) atoms. The second kappa shape index (κ2) is 5.01. The van der Waals surface area contributed by atoms with E-state index in [1.165, 1.54) is 0 Å². The van der Waals surface area contributed by atoms with Gasteiger partial charge < -0.3 is 0 Å². The minimum absolute atomic E-state index is 0.317. The molecule has 92 valence electrons. The highest BCUT2D eigenvalue weighted by Crippen LogP contribution is 2.34. The fraction of sp³-hybridized carbons (Fsp3) is 0.533. The molecule has 1 atom stereocenters. The van der Waals surface area contributed by atoms with Crippen LogP contribution in [0.1, 0.15) is 45.1 Å². The molecule has 0 saturated heterocycles. The fourth-order valence-electron chi connectivity index (χ4n) is 2.79. The van der Waals surface area contributed by atoms with Gasteiger partial charge in [-0.2, -0.15) is 0 Å². The number of carbonyl (C=O) groups excluding carboxylic acids is 1. The van der Waals surface area contributed by atoms with Gasteiger partial charge in [-0.05, 0) is 32.3 Å². The van der Waals surface area contributed by atoms with Crippen LogP contribution in [0.5, 0.6) is 0 Å². The van der Waals surface area contributed by atoms with Gasteiger partial charge in [-0.25, -0.2) is 0 Å². The van der Waals surface area contributed by atoms with Gasteiger partial charge in [-0.1, -0.05) is 36.8 Å². The fourth-order valence-corrected chi connectivity index (χ4v) is 2.79. The Bertz CT molecular complexity index is 385. The van der Waals surface area contributed by atoms with E-state index in [1.54, 1.807) is 0 Å². The first-order chi connectivity index (χ1) is 8.15. The van der Waals surface area contributed by atoms with Crippen LogP contribution in [0.25, 0.3) is 0 Å². The van der Waals surface area contributed by atoms with Crippen LogP contribution in [0, 0.1) is 0 Å². The van der Waals surface area contributed by atoms with E-state index in [0.29, 0.717) is 18.2 Å². The van der Waals surface area contributed by atoms with Gasteiger partial charge >= 0.3 is 0 Å². The highest BCUT2D eigenvalue weighted by molar-refractivity contribution is 5.90. The predicted octanol–water partition coefficient (Wildman–Crippen LogP) is 3.02. The molecule has 1 saturated carbocycles. The number of rotatable bonds is 3. The van der Waals surface area contributed by atoms with Crippen molar-refractivity contribution in [2.75, 3.05) is 0 Å². The number of hydrogen-bond donors (Lipinski definition) is 1. The topological polar surface area (TPSA) is 29.1 Å². The lowest BCUT2D eigenvalue weighted by Gasteiger charge is -2.38. The van der Waals surface area contributed by atoms with Crippen molar-refractivity contribution >= 4 is 5.78 Å². The molecule has 1 N–H and O–H groups in total. The van der Waals surface area contributed by atoms with Crippen LogP contribution >= 0.6 is 0 Å². The molecule has 1 aromatic carbocycles. The van der Waals surface area contributed by atoms with Crippen molar-refractivity contribution < 1.29 is 4.79 Å². The summed E-state index contributed by atoms with van der Waals surface area (Å²) < 4.78 is 0. The lowest BCUT2D eigenvalue weighted by atomic mass is 9.75. The molecule has 0 radical (unpaired) electrons. The Morgan fingerprint density at radius 1 is 1.18 bits per heavy atom. The van der Waals surface area contributed by atoms with E-state index in [1.807, 2.05) is 18.2 Å². The summed E-state index contributed by atoms with van der Waals surface area (Å²) in [4.78, 5) is 12.4. The van der Waals surface area contributed by atoms with Crippen molar-refractivity contribution in [2.45, 2.75) is 51.1 Å². The van der Waals surface area contributed by atoms with E-state index < -0.39 is 5.54 Å². The highest BCUT2D eigenvalue weighted by atomic mass is 16.1. The van der Waals surface area contributed by atoms with Gasteiger partial charge in [0.15, 0.2) is 5.78 Å². The van der Waals surface area contributed by atoms with Crippen molar-refractivity contribution in [3.8, 4) is 0 Å². The number of benzene rings is 1. The Hall–Kier alpha value is -1.15. The molecule has 1 fully saturated rings. The van der Waals surface area contributed by atoms with E-state index in [0.717, 1.165) is 24.8 Å². The van der Waals surface area contributed by atoms with E-state index in [-0.39, 0.29) is 0 Å². The van der Waals surface area contributed by atoms with Crippen LogP contribution in [-0.2, 0) is 10.3 Å². The number of hydrogen-bond acceptors (Lipinski definition) is 2. The second-order valence-corrected chi connectivity index (χ2v) is 5.20. The lowest BCUT2D eigenvalue weighted by Crippen LogP contribution is -2.53. The van der Waals surface area contributed by atoms with E-state index in [4.69, 9.17) is 0 Å². The van der Waals surface area contributed by atoms with Gasteiger partial charge in [-0.3, -0.25) is 10.1 Å². The van der Waals surface area contributed by atoms with Gasteiger partial charge in [0.25, 0.3) is 0 Å². The van der Waals surface area contributed by atoms with Gasteiger partial charge in [0.1, 0.15) is 5.54 Å². The third-order valence-electron chi connectivity index (χ3n) is 3.48. The molecule has 0 heterocycles. The first-order valence-electron chi connectivity index (χ1n) is 6.52. The van der Waals surface area contributed by atoms with Gasteiger partial charge in [0.05, 0.1) is 0 Å². The van der Waals surface area contributed by atoms with Crippen molar-refractivity contribution in [1.82, 2.24) is 5.32 Å². The normalized spacial score (nSPS) is 25.2. The second-order valence-electron chi connectivity index (χ2n) is 5.20. The summed E-state index contributed by atoms with van der Waals surface area (Å²) in [5.41, 5.74) is 0.687. The summed E-state index contributed by atoms with van der Waals surface area (Å²) in [6, 6.07) is 10.5. The van der Waals surface area contributed by atoms with Gasteiger partial charge in [-0.15, -0.1) is 0 Å². The molecular weight excluding hydrogens is 210 g/mol. The molecule has 2 rings (SSSR count). The van der Waals surface area contributed by atoms with E-state index >= 15 is 0 Å². The van der Waals surface area contributed by atoms with Crippen molar-refractivity contribution in [1.29, 1.82) is 0 Å². The maximum Gasteiger partial charge on any atom is 0.157 e. The van der Waals surface area contributed by atoms with Crippen LogP contribution in [0.15, 0.2) is 30.3 Å². The number of carbonyl (C=O) groups is 1. The monoisotopic (exact) mass is 231 g/mol. The maximum absolute atomic E-state index is 12.4. The number of nitrogens with one attached hydrogen (secondary N) is 1. The molecule has 1 aliphatic rings. The van der Waals surface area contributed by atoms with Crippen LogP contribution in [-0.4, -0.2) is 11.8 Å². The molecular formula is C15H21NO. The largest absolute Gasteiger partial charge is 0.299 e. The average molecular weight is 231 g/mol. The standard InChI is InChI=1S/C15H21NO/c1-12(2)16-15(11-7-6-10-14(15)17)13-8-4-3-5-9-13/h3-5,8-9,12,16H,6-7,10-11H2,1-2H3. The zero-order valence-electron chi connectivity index (χ0n) is 10.7. The Balaban J connectivity index is 2.39. The molecule has 1 aliphatic carbocycles. The van der Waals surface area contributed by atoms with E-state index in [2.05, 4.69) is 31.3 Å². The highest BCUT2D eigenvalue weighted by Gasteiger charge is 2.41. The predicted molar refractivity (Wildman–Crippen MR) is 69.9 cm³/mol. The van der Waals surface area contributed by atoms with E-state index in [9.17, 15) is 4.79 Å². The third-order valence-corrected chi connectivity index (χ3v) is 3.48. The number of Topliss-reactive ketones (excluding diaryl/α,β-unsaturated/α-hetero) is 1. The van der Waals surface area contributed by atoms with Crippen molar-refractivity contribution in [3.63, 3.8) is 0 Å². The summed E-state index contributed by atoms with van der Waals surface area (Å²) in [7, 11) is 0. The Labute approximate surface area is 103 Å². The third kappa shape index (κ3) is 2.42. The Kier molecular flexibility index (Phi) is 3.63. The summed E-state index contributed by atoms with van der Waals surface area (Å²) in [5.74, 6) is 0.351. The Morgan fingerprint density at radius 2 is 1.88 bits per heavy atom. The Morgan fingerprint density at radius 3 is 2.47 bits per heavy atom. The maximum atomic E-state index is 12.4. The first kappa shape index (κ1) is 12.3. The summed E-state index contributed by atoms with van der Waals surface area (Å²) in [6.07, 6.45) is 3.79. The molecule has 0 aromatic heterocycles. The zero-order valence-corrected chi connectivity index (χ0v) is 10.7. The molecule has 1 unspecified atom stereocenters. The summed E-state index contributed by atoms with van der Waals surface area (Å²) >= 11 is 0. The summed E-state index contributed by atoms with van der Waals surface area (Å²) in [6.45, 7) is 4.21. The SMILES string of the molecule is CC(C)NC1(c2ccccc2)CCCCC1=O. The molecule has 0 spiro atoms. The number of ketones is 1. The van der Waals surface area contributed by atoms with Crippen molar-refractivity contribution in [2.24, 2.45) is 0 Å². The quantitative estimate of drug-likeness (QED) is 0.866. The summed E-state index contributed by atoms with van der Waals surface area (Å²) in [5, 5.41) is 3.51. The van der Waals surface area contributed by atoms with Gasteiger partial charge in [0.2, 0.25) is 0 Å². The molecule has 0 amide bonds. The first-order valence-corrected chi connectivity index (χ1v) is 6.52. The van der Waals surface area contributed by atoms with Crippen LogP contribution in [0.2, 0.25) is 0 Å². The van der Waals surface area contributed by atoms with Gasteiger partial charge in [0, 0.05) is 12.5 Å². The molecule has 1 aromatic rings. The lowest BCUT2D eigenvalue weighted by molar-refractivity contribution is -0.128. The molecule has 0 bridgehead atoms. The molecule has 2 nitrogen and oxygen atoms in total. The van der Waals surface area contributed by atoms with Crippen LogP contribution < -0.4 is 5.32 Å². The minimum atomic E-state index is -0.437. The van der Waals surface area contributed by atoms with Crippen LogP contribution in [0.4, 0.5) is 0 Å². The molecule has 0 aliphatic heterocycles. The average Bonchev–Trinajstić information content (AvgIpc) is 2.33. The van der Waals surface area contributed by atoms with Crippen molar-refractivity contribution in [3.05, 3.63) is 35.9 Å². The van der Waals surface area contributed by atoms with Crippen LogP contribution in [0.3, 0.4) is 0 Å².